The average Bonchev–Trinajstić information content (AvgIpc) is 2.52. The molecule has 0 saturated carbocycles. The van der Waals surface area contributed by atoms with Crippen molar-refractivity contribution in [2.75, 3.05) is 6.54 Å². The van der Waals surface area contributed by atoms with Crippen molar-refractivity contribution in [2.24, 2.45) is 5.92 Å². The molecule has 1 amide bonds. The fraction of sp³-hybridized carbons (Fsp3) is 0.900. The van der Waals surface area contributed by atoms with Gasteiger partial charge < -0.3 is 21.4 Å². The van der Waals surface area contributed by atoms with Crippen LogP contribution in [0.3, 0.4) is 0 Å². The van der Waals surface area contributed by atoms with Gasteiger partial charge in [0.15, 0.2) is 0 Å². The van der Waals surface area contributed by atoms with Crippen LogP contribution in [0.15, 0.2) is 0 Å². The largest absolute Gasteiger partial charge is 0.548 e. The van der Waals surface area contributed by atoms with Gasteiger partial charge in [0.2, 0.25) is 5.91 Å². The van der Waals surface area contributed by atoms with Gasteiger partial charge in [-0.05, 0) is 12.3 Å². The zero-order valence-corrected chi connectivity index (χ0v) is 16.9. The molecule has 0 bridgehead atoms. The van der Waals surface area contributed by atoms with E-state index < -0.39 is 5.97 Å². The Labute approximate surface area is 154 Å². The summed E-state index contributed by atoms with van der Waals surface area (Å²) in [7, 11) is 0. The van der Waals surface area contributed by atoms with E-state index in [-0.39, 0.29) is 18.6 Å². The van der Waals surface area contributed by atoms with Crippen LogP contribution in [-0.4, -0.2) is 18.4 Å². The number of quaternary nitrogens is 1. The Bertz CT molecular complexity index is 320. The first kappa shape index (κ1) is 26.1. The molecule has 0 aliphatic carbocycles. The maximum atomic E-state index is 11.3. The van der Waals surface area contributed by atoms with Gasteiger partial charge in [-0.1, -0.05) is 90.9 Å². The lowest BCUT2D eigenvalue weighted by Gasteiger charge is -2.06. The molecule has 0 aliphatic heterocycles. The monoisotopic (exact) mass is 358 g/mol. The summed E-state index contributed by atoms with van der Waals surface area (Å²) < 4.78 is 0. The predicted molar refractivity (Wildman–Crippen MR) is 103 cm³/mol. The number of carbonyl (C=O) groups is 2. The Kier molecular flexibility index (Phi) is 20.1. The number of amides is 1. The van der Waals surface area contributed by atoms with Gasteiger partial charge in [-0.25, -0.2) is 0 Å². The maximum Gasteiger partial charge on any atom is 0.220 e. The first-order chi connectivity index (χ1) is 11.5. The smallest absolute Gasteiger partial charge is 0.220 e. The van der Waals surface area contributed by atoms with Crippen molar-refractivity contribution in [1.29, 1.82) is 0 Å². The molecule has 0 aromatic rings. The molecule has 5 heteroatoms. The molecule has 25 heavy (non-hydrogen) atoms. The van der Waals surface area contributed by atoms with Crippen molar-refractivity contribution >= 4 is 11.9 Å². The van der Waals surface area contributed by atoms with Crippen molar-refractivity contribution in [1.82, 2.24) is 11.5 Å². The molecule has 0 aromatic heterocycles. The standard InChI is InChI=1S/C20H39NO3.H3N/c1-18(2)15-13-11-9-7-5-3-4-6-8-10-12-14-16-19(22)21-17-20(23)24;/h18H,3-17H2,1-2H3,(H,21,22)(H,23,24);1H3. The zero-order chi connectivity index (χ0) is 18.0. The second-order valence-corrected chi connectivity index (χ2v) is 7.32. The van der Waals surface area contributed by atoms with Crippen molar-refractivity contribution in [3.05, 3.63) is 0 Å². The SMILES string of the molecule is CC(C)CCCCCCCCCCCCCCC(=O)NCC(=O)[O-].[NH4+]. The lowest BCUT2D eigenvalue weighted by molar-refractivity contribution is -0.304. The predicted octanol–water partition coefficient (Wildman–Crippen LogP) is 4.35. The van der Waals surface area contributed by atoms with Crippen LogP contribution in [0.2, 0.25) is 0 Å². The lowest BCUT2D eigenvalue weighted by Crippen LogP contribution is -2.37. The molecule has 0 atom stereocenters. The molecule has 0 aromatic carbocycles. The van der Waals surface area contributed by atoms with Crippen molar-refractivity contribution in [3.8, 4) is 0 Å². The van der Waals surface area contributed by atoms with E-state index in [1.54, 1.807) is 0 Å². The number of unbranched alkanes of at least 4 members (excludes halogenated alkanes) is 11. The van der Waals surface area contributed by atoms with Crippen LogP contribution < -0.4 is 16.6 Å². The minimum atomic E-state index is -1.24. The Hall–Kier alpha value is -1.10. The van der Waals surface area contributed by atoms with E-state index in [1.807, 2.05) is 0 Å². The normalized spacial score (nSPS) is 10.5. The summed E-state index contributed by atoms with van der Waals surface area (Å²) in [5.41, 5.74) is 0. The molecule has 0 rings (SSSR count). The summed E-state index contributed by atoms with van der Waals surface area (Å²) in [5.74, 6) is -0.576. The summed E-state index contributed by atoms with van der Waals surface area (Å²) >= 11 is 0. The van der Waals surface area contributed by atoms with Gasteiger partial charge >= 0.3 is 0 Å². The number of hydrogen-bond donors (Lipinski definition) is 2. The first-order valence-corrected chi connectivity index (χ1v) is 9.99. The molecule has 0 aliphatic rings. The average molecular weight is 359 g/mol. The van der Waals surface area contributed by atoms with Crippen LogP contribution in [0, 0.1) is 5.92 Å². The fourth-order valence-corrected chi connectivity index (χ4v) is 2.87. The second-order valence-electron chi connectivity index (χ2n) is 7.32. The quantitative estimate of drug-likeness (QED) is 0.377. The van der Waals surface area contributed by atoms with E-state index in [9.17, 15) is 14.7 Å². The summed E-state index contributed by atoms with van der Waals surface area (Å²) in [4.78, 5) is 21.5. The Morgan fingerprint density at radius 1 is 0.760 bits per heavy atom. The van der Waals surface area contributed by atoms with Gasteiger partial charge in [-0.15, -0.1) is 0 Å². The second kappa shape index (κ2) is 19.2. The molecule has 150 valence electrons. The van der Waals surface area contributed by atoms with Crippen LogP contribution in [0.4, 0.5) is 0 Å². The van der Waals surface area contributed by atoms with E-state index in [4.69, 9.17) is 0 Å². The van der Waals surface area contributed by atoms with E-state index in [1.165, 1.54) is 70.6 Å². The van der Waals surface area contributed by atoms with Crippen LogP contribution >= 0.6 is 0 Å². The number of hydrogen-bond acceptors (Lipinski definition) is 3. The minimum Gasteiger partial charge on any atom is -0.548 e. The van der Waals surface area contributed by atoms with E-state index in [2.05, 4.69) is 19.2 Å². The van der Waals surface area contributed by atoms with Gasteiger partial charge in [-0.2, -0.15) is 0 Å². The number of nitrogens with one attached hydrogen (secondary N) is 1. The third-order valence-electron chi connectivity index (χ3n) is 4.37. The number of aliphatic carboxylic acids is 1. The number of carboxylic acids is 1. The summed E-state index contributed by atoms with van der Waals surface area (Å²) in [6.45, 7) is 4.22. The van der Waals surface area contributed by atoms with Crippen molar-refractivity contribution in [2.45, 2.75) is 104 Å². The number of carbonyl (C=O) groups excluding carboxylic acids is 2. The Morgan fingerprint density at radius 3 is 1.56 bits per heavy atom. The highest BCUT2D eigenvalue weighted by molar-refractivity contribution is 5.80. The highest BCUT2D eigenvalue weighted by Crippen LogP contribution is 2.14. The summed E-state index contributed by atoms with van der Waals surface area (Å²) in [6, 6.07) is 0. The lowest BCUT2D eigenvalue weighted by atomic mass is 10.0. The minimum absolute atomic E-state index is 0. The van der Waals surface area contributed by atoms with Gasteiger partial charge in [0.05, 0.1) is 12.5 Å². The van der Waals surface area contributed by atoms with Crippen LogP contribution in [-0.2, 0) is 9.59 Å². The summed E-state index contributed by atoms with van der Waals surface area (Å²) in [5, 5.41) is 12.5. The molecule has 0 unspecified atom stereocenters. The van der Waals surface area contributed by atoms with Crippen molar-refractivity contribution < 1.29 is 14.7 Å². The molecule has 0 saturated heterocycles. The molecule has 0 spiro atoms. The molecular formula is C20H42N2O3. The van der Waals surface area contributed by atoms with E-state index in [0.29, 0.717) is 6.42 Å². The molecule has 5 nitrogen and oxygen atoms in total. The molecule has 5 N–H and O–H groups in total. The number of rotatable bonds is 17. The maximum absolute atomic E-state index is 11.3. The highest BCUT2D eigenvalue weighted by Gasteiger charge is 2.00. The fourth-order valence-electron chi connectivity index (χ4n) is 2.87. The topological polar surface area (TPSA) is 106 Å². The Morgan fingerprint density at radius 2 is 1.16 bits per heavy atom. The summed E-state index contributed by atoms with van der Waals surface area (Å²) in [6.07, 6.45) is 17.0. The third kappa shape index (κ3) is 22.9. The van der Waals surface area contributed by atoms with Gasteiger partial charge in [-0.3, -0.25) is 4.79 Å². The van der Waals surface area contributed by atoms with E-state index in [0.717, 1.165) is 18.8 Å². The molecular weight excluding hydrogens is 316 g/mol. The van der Waals surface area contributed by atoms with Gasteiger partial charge in [0.1, 0.15) is 0 Å². The third-order valence-corrected chi connectivity index (χ3v) is 4.37. The van der Waals surface area contributed by atoms with Crippen LogP contribution in [0.25, 0.3) is 0 Å². The molecule has 0 radical (unpaired) electrons. The van der Waals surface area contributed by atoms with Crippen LogP contribution in [0.5, 0.6) is 0 Å². The Balaban J connectivity index is 0. The van der Waals surface area contributed by atoms with Crippen LogP contribution in [0.1, 0.15) is 104 Å². The van der Waals surface area contributed by atoms with Gasteiger partial charge in [0, 0.05) is 6.42 Å². The number of carboxylic acid groups (broad SMARTS) is 1. The molecule has 0 heterocycles. The first-order valence-electron chi connectivity index (χ1n) is 9.99. The van der Waals surface area contributed by atoms with Crippen molar-refractivity contribution in [3.63, 3.8) is 0 Å². The van der Waals surface area contributed by atoms with E-state index >= 15 is 0 Å². The highest BCUT2D eigenvalue weighted by atomic mass is 16.4. The zero-order valence-electron chi connectivity index (χ0n) is 16.9. The van der Waals surface area contributed by atoms with Gasteiger partial charge in [0.25, 0.3) is 0 Å². The molecule has 0 fully saturated rings.